The molecule has 24 heavy (non-hydrogen) atoms. The van der Waals surface area contributed by atoms with E-state index >= 15 is 0 Å². The Balaban J connectivity index is 2.27. The minimum absolute atomic E-state index is 0.138. The minimum atomic E-state index is -0.354. The van der Waals surface area contributed by atoms with Crippen LogP contribution in [0.1, 0.15) is 40.3 Å². The lowest BCUT2D eigenvalue weighted by Gasteiger charge is -2.19. The zero-order valence-corrected chi connectivity index (χ0v) is 14.6. The Morgan fingerprint density at radius 1 is 1.42 bits per heavy atom. The van der Waals surface area contributed by atoms with Crippen LogP contribution in [0.3, 0.4) is 0 Å². The van der Waals surface area contributed by atoms with Crippen molar-refractivity contribution < 1.29 is 14.1 Å². The Morgan fingerprint density at radius 3 is 2.75 bits per heavy atom. The second kappa shape index (κ2) is 7.39. The summed E-state index contributed by atoms with van der Waals surface area (Å²) in [5.74, 6) is 0.365. The third kappa shape index (κ3) is 3.53. The number of carbonyl (C=O) groups excluding carboxylic acids is 1. The maximum Gasteiger partial charge on any atom is 0.263 e. The molecule has 0 aliphatic rings. The lowest BCUT2D eigenvalue weighted by molar-refractivity contribution is 0.0732. The molecular formula is C16H22N4O4. The van der Waals surface area contributed by atoms with Gasteiger partial charge in [-0.3, -0.25) is 9.59 Å². The smallest absolute Gasteiger partial charge is 0.263 e. The predicted octanol–water partition coefficient (Wildman–Crippen LogP) is 1.19. The molecule has 130 valence electrons. The summed E-state index contributed by atoms with van der Waals surface area (Å²) < 4.78 is 11.5. The molecule has 2 aromatic rings. The monoisotopic (exact) mass is 334 g/mol. The van der Waals surface area contributed by atoms with Gasteiger partial charge in [-0.05, 0) is 32.4 Å². The first-order valence-corrected chi connectivity index (χ1v) is 7.65. The van der Waals surface area contributed by atoms with Gasteiger partial charge in [-0.1, -0.05) is 5.16 Å². The second-order valence-corrected chi connectivity index (χ2v) is 5.55. The Bertz CT molecular complexity index is 794. The highest BCUT2D eigenvalue weighted by Crippen LogP contribution is 2.10. The lowest BCUT2D eigenvalue weighted by atomic mass is 10.1. The quantitative estimate of drug-likeness (QED) is 0.788. The van der Waals surface area contributed by atoms with Crippen LogP contribution in [-0.4, -0.2) is 39.2 Å². The van der Waals surface area contributed by atoms with Crippen molar-refractivity contribution in [2.75, 3.05) is 13.7 Å². The fourth-order valence-corrected chi connectivity index (χ4v) is 2.34. The largest absolute Gasteiger partial charge is 0.377 e. The molecule has 0 aliphatic heterocycles. The van der Waals surface area contributed by atoms with Crippen LogP contribution in [0.2, 0.25) is 0 Å². The van der Waals surface area contributed by atoms with E-state index in [2.05, 4.69) is 10.1 Å². The summed E-state index contributed by atoms with van der Waals surface area (Å²) in [6.45, 7) is 6.34. The summed E-state index contributed by atoms with van der Waals surface area (Å²) >= 11 is 0. The van der Waals surface area contributed by atoms with Crippen LogP contribution in [0, 0.1) is 13.8 Å². The Morgan fingerprint density at radius 2 is 2.12 bits per heavy atom. The van der Waals surface area contributed by atoms with Gasteiger partial charge in [0.1, 0.15) is 18.7 Å². The van der Waals surface area contributed by atoms with E-state index in [0.29, 0.717) is 18.3 Å². The van der Waals surface area contributed by atoms with E-state index in [9.17, 15) is 9.59 Å². The number of pyridine rings is 1. The molecule has 0 saturated heterocycles. The van der Waals surface area contributed by atoms with Crippen LogP contribution in [-0.2, 0) is 24.9 Å². The van der Waals surface area contributed by atoms with E-state index in [1.165, 1.54) is 16.6 Å². The van der Waals surface area contributed by atoms with Gasteiger partial charge in [0, 0.05) is 26.4 Å². The maximum absolute atomic E-state index is 12.7. The van der Waals surface area contributed by atoms with Gasteiger partial charge in [0.15, 0.2) is 5.82 Å². The summed E-state index contributed by atoms with van der Waals surface area (Å²) in [4.78, 5) is 30.8. The number of ether oxygens (including phenoxy) is 1. The average Bonchev–Trinajstić information content (AvgIpc) is 3.01. The number of amides is 1. The summed E-state index contributed by atoms with van der Waals surface area (Å²) in [6.07, 6.45) is 0. The topological polar surface area (TPSA) is 90.5 Å². The average molecular weight is 334 g/mol. The van der Waals surface area contributed by atoms with Crippen LogP contribution in [0.5, 0.6) is 0 Å². The molecule has 0 aromatic carbocycles. The molecule has 2 rings (SSSR count). The molecule has 2 heterocycles. The van der Waals surface area contributed by atoms with E-state index in [0.717, 1.165) is 11.3 Å². The number of aryl methyl sites for hydroxylation is 1. The Labute approximate surface area is 140 Å². The van der Waals surface area contributed by atoms with Gasteiger partial charge in [-0.25, -0.2) is 0 Å². The van der Waals surface area contributed by atoms with Crippen LogP contribution < -0.4 is 5.56 Å². The van der Waals surface area contributed by atoms with Crippen molar-refractivity contribution in [1.82, 2.24) is 19.6 Å². The first kappa shape index (κ1) is 17.9. The third-order valence-corrected chi connectivity index (χ3v) is 3.98. The maximum atomic E-state index is 12.7. The number of methoxy groups -OCH3 is 1. The number of aromatic nitrogens is 3. The fraction of sp³-hybridized carbons (Fsp3) is 0.500. The zero-order valence-electron chi connectivity index (χ0n) is 14.6. The fourth-order valence-electron chi connectivity index (χ4n) is 2.34. The van der Waals surface area contributed by atoms with Crippen molar-refractivity contribution in [3.8, 4) is 0 Å². The molecule has 0 spiro atoms. The van der Waals surface area contributed by atoms with E-state index in [1.54, 1.807) is 13.1 Å². The van der Waals surface area contributed by atoms with E-state index in [1.807, 2.05) is 20.8 Å². The molecule has 0 N–H and O–H groups in total. The highest BCUT2D eigenvalue weighted by Gasteiger charge is 2.22. The molecule has 0 aliphatic carbocycles. The van der Waals surface area contributed by atoms with E-state index in [4.69, 9.17) is 9.26 Å². The van der Waals surface area contributed by atoms with Crippen molar-refractivity contribution in [1.29, 1.82) is 0 Å². The second-order valence-electron chi connectivity index (χ2n) is 5.55. The van der Waals surface area contributed by atoms with Gasteiger partial charge in [-0.2, -0.15) is 4.98 Å². The van der Waals surface area contributed by atoms with Gasteiger partial charge >= 0.3 is 0 Å². The SMILES string of the molecule is CCN(Cc1nc(COC)no1)C(=O)c1cc(C)c(C)n(C)c1=O. The van der Waals surface area contributed by atoms with Crippen molar-refractivity contribution in [2.24, 2.45) is 7.05 Å². The van der Waals surface area contributed by atoms with Gasteiger partial charge in [0.05, 0.1) is 0 Å². The summed E-state index contributed by atoms with van der Waals surface area (Å²) in [5, 5.41) is 3.77. The Hall–Kier alpha value is -2.48. The molecule has 0 saturated carbocycles. The molecule has 2 aromatic heterocycles. The van der Waals surface area contributed by atoms with E-state index < -0.39 is 0 Å². The number of carbonyl (C=O) groups is 1. The zero-order chi connectivity index (χ0) is 17.9. The molecule has 1 amide bonds. The van der Waals surface area contributed by atoms with Crippen LogP contribution in [0.15, 0.2) is 15.4 Å². The van der Waals surface area contributed by atoms with Gasteiger partial charge in [0.2, 0.25) is 5.89 Å². The Kier molecular flexibility index (Phi) is 5.50. The first-order chi connectivity index (χ1) is 11.4. The van der Waals surface area contributed by atoms with E-state index in [-0.39, 0.29) is 30.2 Å². The van der Waals surface area contributed by atoms with Gasteiger partial charge in [0.25, 0.3) is 11.5 Å². The number of hydrogen-bond acceptors (Lipinski definition) is 6. The molecule has 0 unspecified atom stereocenters. The first-order valence-electron chi connectivity index (χ1n) is 7.65. The number of nitrogens with zero attached hydrogens (tertiary/aromatic N) is 4. The molecule has 0 bridgehead atoms. The van der Waals surface area contributed by atoms with Crippen LogP contribution in [0.4, 0.5) is 0 Å². The van der Waals surface area contributed by atoms with Crippen molar-refractivity contribution >= 4 is 5.91 Å². The normalized spacial score (nSPS) is 10.9. The number of rotatable bonds is 6. The van der Waals surface area contributed by atoms with Crippen molar-refractivity contribution in [2.45, 2.75) is 33.9 Å². The summed E-state index contributed by atoms with van der Waals surface area (Å²) in [6, 6.07) is 1.63. The molecule has 0 radical (unpaired) electrons. The summed E-state index contributed by atoms with van der Waals surface area (Å²) in [5.41, 5.74) is 1.55. The van der Waals surface area contributed by atoms with Crippen LogP contribution in [0.25, 0.3) is 0 Å². The van der Waals surface area contributed by atoms with Gasteiger partial charge in [-0.15, -0.1) is 0 Å². The van der Waals surface area contributed by atoms with Gasteiger partial charge < -0.3 is 18.7 Å². The van der Waals surface area contributed by atoms with Crippen molar-refractivity contribution in [3.05, 3.63) is 45.0 Å². The molecular weight excluding hydrogens is 312 g/mol. The number of hydrogen-bond donors (Lipinski definition) is 0. The molecule has 0 atom stereocenters. The minimum Gasteiger partial charge on any atom is -0.377 e. The molecule has 0 fully saturated rings. The molecule has 8 nitrogen and oxygen atoms in total. The predicted molar refractivity (Wildman–Crippen MR) is 86.6 cm³/mol. The standard InChI is InChI=1S/C16H22N4O4/c1-6-20(8-14-17-13(9-23-5)18-24-14)16(22)12-7-10(2)11(3)19(4)15(12)21/h7H,6,8-9H2,1-5H3. The van der Waals surface area contributed by atoms with Crippen molar-refractivity contribution in [3.63, 3.8) is 0 Å². The highest BCUT2D eigenvalue weighted by atomic mass is 16.5. The lowest BCUT2D eigenvalue weighted by Crippen LogP contribution is -2.36. The third-order valence-electron chi connectivity index (χ3n) is 3.98. The summed E-state index contributed by atoms with van der Waals surface area (Å²) in [7, 11) is 3.19. The van der Waals surface area contributed by atoms with Crippen LogP contribution >= 0.6 is 0 Å². The molecule has 8 heteroatoms. The highest BCUT2D eigenvalue weighted by molar-refractivity contribution is 5.94.